The predicted octanol–water partition coefficient (Wildman–Crippen LogP) is 3.40. The molecule has 0 saturated heterocycles. The van der Waals surface area contributed by atoms with E-state index < -0.39 is 0 Å². The lowest BCUT2D eigenvalue weighted by atomic mass is 10.0. The van der Waals surface area contributed by atoms with Gasteiger partial charge < -0.3 is 4.74 Å². The number of hydrogen-bond acceptors (Lipinski definition) is 2. The maximum atomic E-state index is 6.08. The number of benzene rings is 1. The Labute approximate surface area is 88.5 Å². The maximum Gasteiger partial charge on any atom is 0.127 e. The van der Waals surface area contributed by atoms with Gasteiger partial charge in [0.1, 0.15) is 5.75 Å². The number of halogens is 1. The van der Waals surface area contributed by atoms with E-state index in [1.54, 1.807) is 0 Å². The summed E-state index contributed by atoms with van der Waals surface area (Å²) in [5.41, 5.74) is 2.19. The Kier molecular flexibility index (Phi) is 2.43. The van der Waals surface area contributed by atoms with Crippen molar-refractivity contribution in [3.05, 3.63) is 28.3 Å². The maximum absolute atomic E-state index is 6.08. The summed E-state index contributed by atoms with van der Waals surface area (Å²) < 4.78 is 5.57. The van der Waals surface area contributed by atoms with Crippen molar-refractivity contribution in [2.75, 3.05) is 6.61 Å². The summed E-state index contributed by atoms with van der Waals surface area (Å²) in [6, 6.07) is 3.89. The molecular formula is C10H11ClOS. The van der Waals surface area contributed by atoms with Crippen molar-refractivity contribution in [1.82, 2.24) is 0 Å². The Morgan fingerprint density at radius 1 is 1.54 bits per heavy atom. The molecular weight excluding hydrogens is 204 g/mol. The molecule has 1 heterocycles. The van der Waals surface area contributed by atoms with Crippen molar-refractivity contribution in [3.8, 4) is 5.75 Å². The first kappa shape index (κ1) is 9.22. The van der Waals surface area contributed by atoms with Crippen LogP contribution in [0.4, 0.5) is 0 Å². The zero-order valence-electron chi connectivity index (χ0n) is 7.38. The molecule has 1 atom stereocenters. The zero-order chi connectivity index (χ0) is 9.42. The molecule has 1 nitrogen and oxygen atoms in total. The largest absolute Gasteiger partial charge is 0.493 e. The van der Waals surface area contributed by atoms with Crippen LogP contribution in [0, 0.1) is 6.92 Å². The third-order valence-electron chi connectivity index (χ3n) is 2.31. The van der Waals surface area contributed by atoms with Crippen LogP contribution in [-0.4, -0.2) is 6.61 Å². The Hall–Kier alpha value is -0.340. The van der Waals surface area contributed by atoms with Gasteiger partial charge in [0.05, 0.1) is 6.61 Å². The molecule has 0 fully saturated rings. The van der Waals surface area contributed by atoms with Gasteiger partial charge in [-0.1, -0.05) is 17.7 Å². The highest BCUT2D eigenvalue weighted by molar-refractivity contribution is 7.80. The van der Waals surface area contributed by atoms with Crippen molar-refractivity contribution < 1.29 is 4.74 Å². The molecule has 70 valence electrons. The second-order valence-corrected chi connectivity index (χ2v) is 4.29. The molecule has 13 heavy (non-hydrogen) atoms. The van der Waals surface area contributed by atoms with Crippen LogP contribution in [0.3, 0.4) is 0 Å². The lowest BCUT2D eigenvalue weighted by molar-refractivity contribution is 0.285. The fraction of sp³-hybridized carbons (Fsp3) is 0.400. The summed E-state index contributed by atoms with van der Waals surface area (Å²) in [5.74, 6) is 0.929. The van der Waals surface area contributed by atoms with E-state index in [9.17, 15) is 0 Å². The van der Waals surface area contributed by atoms with Gasteiger partial charge in [-0.3, -0.25) is 0 Å². The molecule has 2 rings (SSSR count). The average molecular weight is 215 g/mol. The van der Waals surface area contributed by atoms with Crippen LogP contribution in [0.25, 0.3) is 0 Å². The summed E-state index contributed by atoms with van der Waals surface area (Å²) in [5, 5.41) is 0.983. The monoisotopic (exact) mass is 214 g/mol. The van der Waals surface area contributed by atoms with E-state index in [0.717, 1.165) is 34.9 Å². The van der Waals surface area contributed by atoms with Gasteiger partial charge in [-0.2, -0.15) is 12.6 Å². The first-order valence-corrected chi connectivity index (χ1v) is 5.19. The van der Waals surface area contributed by atoms with E-state index in [1.807, 2.05) is 19.1 Å². The van der Waals surface area contributed by atoms with Crippen LogP contribution in [0.5, 0.6) is 5.75 Å². The molecule has 0 N–H and O–H groups in total. The van der Waals surface area contributed by atoms with Crippen LogP contribution < -0.4 is 4.74 Å². The van der Waals surface area contributed by atoms with Crippen molar-refractivity contribution in [3.63, 3.8) is 0 Å². The molecule has 0 saturated carbocycles. The van der Waals surface area contributed by atoms with Gasteiger partial charge >= 0.3 is 0 Å². The predicted molar refractivity (Wildman–Crippen MR) is 58.0 cm³/mol. The van der Waals surface area contributed by atoms with Crippen LogP contribution in [0.2, 0.25) is 5.02 Å². The summed E-state index contributed by atoms with van der Waals surface area (Å²) >= 11 is 10.6. The van der Waals surface area contributed by atoms with Crippen molar-refractivity contribution in [1.29, 1.82) is 0 Å². The number of aryl methyl sites for hydroxylation is 1. The molecule has 1 unspecified atom stereocenters. The highest BCUT2D eigenvalue weighted by atomic mass is 35.5. The number of thiol groups is 1. The molecule has 0 spiro atoms. The zero-order valence-corrected chi connectivity index (χ0v) is 9.03. The van der Waals surface area contributed by atoms with Gasteiger partial charge in [0.25, 0.3) is 0 Å². The van der Waals surface area contributed by atoms with Crippen molar-refractivity contribution >= 4 is 24.2 Å². The van der Waals surface area contributed by atoms with Crippen LogP contribution >= 0.6 is 24.2 Å². The minimum Gasteiger partial charge on any atom is -0.493 e. The Bertz CT molecular complexity index is 338. The first-order chi connectivity index (χ1) is 6.20. The summed E-state index contributed by atoms with van der Waals surface area (Å²) in [4.78, 5) is 0. The number of fused-ring (bicyclic) bond motifs is 1. The van der Waals surface area contributed by atoms with Gasteiger partial charge in [0.15, 0.2) is 0 Å². The molecule has 0 bridgehead atoms. The highest BCUT2D eigenvalue weighted by Crippen LogP contribution is 2.42. The van der Waals surface area contributed by atoms with Gasteiger partial charge in [-0.05, 0) is 25.0 Å². The quantitative estimate of drug-likeness (QED) is 0.652. The summed E-state index contributed by atoms with van der Waals surface area (Å²) in [6.07, 6.45) is 0.930. The van der Waals surface area contributed by atoms with Gasteiger partial charge in [-0.25, -0.2) is 0 Å². The second-order valence-electron chi connectivity index (χ2n) is 3.26. The Morgan fingerprint density at radius 2 is 2.31 bits per heavy atom. The van der Waals surface area contributed by atoms with Crippen LogP contribution in [0.15, 0.2) is 12.1 Å². The third-order valence-corrected chi connectivity index (χ3v) is 3.16. The SMILES string of the molecule is Cc1ccc(Cl)c2c1OCCC2S. The van der Waals surface area contributed by atoms with Crippen molar-refractivity contribution in [2.24, 2.45) is 0 Å². The smallest absolute Gasteiger partial charge is 0.127 e. The molecule has 0 amide bonds. The fourth-order valence-corrected chi connectivity index (χ4v) is 2.32. The van der Waals surface area contributed by atoms with Crippen LogP contribution in [-0.2, 0) is 0 Å². The summed E-state index contributed by atoms with van der Waals surface area (Å²) in [7, 11) is 0. The van der Waals surface area contributed by atoms with E-state index in [1.165, 1.54) is 0 Å². The highest BCUT2D eigenvalue weighted by Gasteiger charge is 2.22. The third kappa shape index (κ3) is 1.53. The standard InChI is InChI=1S/C10H11ClOS/c1-6-2-3-7(11)9-8(13)4-5-12-10(6)9/h2-3,8,13H,4-5H2,1H3. The first-order valence-electron chi connectivity index (χ1n) is 4.30. The van der Waals surface area contributed by atoms with E-state index in [4.69, 9.17) is 16.3 Å². The topological polar surface area (TPSA) is 9.23 Å². The molecule has 0 radical (unpaired) electrons. The average Bonchev–Trinajstić information content (AvgIpc) is 2.12. The van der Waals surface area contributed by atoms with E-state index >= 15 is 0 Å². The molecule has 1 aliphatic heterocycles. The molecule has 0 aromatic heterocycles. The van der Waals surface area contributed by atoms with Gasteiger partial charge in [0.2, 0.25) is 0 Å². The number of ether oxygens (including phenoxy) is 1. The van der Waals surface area contributed by atoms with Crippen molar-refractivity contribution in [2.45, 2.75) is 18.6 Å². The molecule has 3 heteroatoms. The molecule has 1 aromatic rings. The molecule has 0 aliphatic carbocycles. The van der Waals surface area contributed by atoms with Gasteiger partial charge in [-0.15, -0.1) is 0 Å². The minimum atomic E-state index is 0.219. The molecule has 1 aromatic carbocycles. The van der Waals surface area contributed by atoms with E-state index in [-0.39, 0.29) is 5.25 Å². The summed E-state index contributed by atoms with van der Waals surface area (Å²) in [6.45, 7) is 2.77. The van der Waals surface area contributed by atoms with Crippen LogP contribution in [0.1, 0.15) is 22.8 Å². The van der Waals surface area contributed by atoms with E-state index in [0.29, 0.717) is 0 Å². The van der Waals surface area contributed by atoms with E-state index in [2.05, 4.69) is 12.6 Å². The fourth-order valence-electron chi connectivity index (χ4n) is 1.60. The normalized spacial score (nSPS) is 20.7. The number of rotatable bonds is 0. The minimum absolute atomic E-state index is 0.219. The lowest BCUT2D eigenvalue weighted by Gasteiger charge is -2.24. The second kappa shape index (κ2) is 3.43. The lowest BCUT2D eigenvalue weighted by Crippen LogP contribution is -2.12. The Balaban J connectivity index is 2.60. The number of hydrogen-bond donors (Lipinski definition) is 1. The Morgan fingerprint density at radius 3 is 3.00 bits per heavy atom. The van der Waals surface area contributed by atoms with Gasteiger partial charge in [0, 0.05) is 15.8 Å². The molecule has 1 aliphatic rings.